The molecule has 1 heterocycles. The Hall–Kier alpha value is -4.33. The summed E-state index contributed by atoms with van der Waals surface area (Å²) in [6, 6.07) is 7.71. The summed E-state index contributed by atoms with van der Waals surface area (Å²) in [6.07, 6.45) is -1.27. The summed E-state index contributed by atoms with van der Waals surface area (Å²) in [7, 11) is 0. The van der Waals surface area contributed by atoms with E-state index in [-0.39, 0.29) is 19.6 Å². The zero-order valence-corrected chi connectivity index (χ0v) is 18.7. The number of amides is 3. The fourth-order valence-corrected chi connectivity index (χ4v) is 2.92. The number of esters is 1. The third kappa shape index (κ3) is 7.89. The van der Waals surface area contributed by atoms with Crippen LogP contribution in [0.1, 0.15) is 18.7 Å². The van der Waals surface area contributed by atoms with Gasteiger partial charge in [0.1, 0.15) is 6.04 Å². The van der Waals surface area contributed by atoms with E-state index in [9.17, 15) is 33.2 Å². The number of hydrogen-bond acceptors (Lipinski definition) is 8. The quantitative estimate of drug-likeness (QED) is 0.215. The number of carbonyl (C=O) groups is 4. The number of aromatic nitrogens is 2. The lowest BCUT2D eigenvalue weighted by molar-refractivity contribution is -0.150. The summed E-state index contributed by atoms with van der Waals surface area (Å²) in [4.78, 5) is 74.1. The van der Waals surface area contributed by atoms with Crippen LogP contribution in [0.15, 0.2) is 46.1 Å². The molecule has 0 radical (unpaired) electrons. The summed E-state index contributed by atoms with van der Waals surface area (Å²) < 4.78 is 18.9. The molecule has 2 rings (SSSR count). The molecule has 35 heavy (non-hydrogen) atoms. The predicted octanol–water partition coefficient (Wildman–Crippen LogP) is -2.34. The van der Waals surface area contributed by atoms with Gasteiger partial charge in [0.25, 0.3) is 5.56 Å². The summed E-state index contributed by atoms with van der Waals surface area (Å²) in [5, 5.41) is 6.91. The van der Waals surface area contributed by atoms with Gasteiger partial charge in [-0.15, -0.1) is 0 Å². The Balaban J connectivity index is 2.13. The number of H-pyrrole nitrogens is 1. The lowest BCUT2D eigenvalue weighted by atomic mass is 10.1. The van der Waals surface area contributed by atoms with E-state index in [2.05, 4.69) is 16.0 Å². The Kier molecular flexibility index (Phi) is 9.84. The number of nitrogens with zero attached hydrogens (tertiary/aromatic N) is 1. The number of carbonyl (C=O) groups excluding carboxylic acids is 4. The van der Waals surface area contributed by atoms with Crippen LogP contribution in [0.2, 0.25) is 0 Å². The van der Waals surface area contributed by atoms with Gasteiger partial charge in [-0.1, -0.05) is 30.3 Å². The van der Waals surface area contributed by atoms with Crippen molar-refractivity contribution in [3.8, 4) is 0 Å². The number of benzene rings is 1. The van der Waals surface area contributed by atoms with Crippen LogP contribution in [0.3, 0.4) is 0 Å². The molecule has 2 aromatic rings. The third-order valence-corrected chi connectivity index (χ3v) is 4.55. The van der Waals surface area contributed by atoms with Gasteiger partial charge >= 0.3 is 11.7 Å². The van der Waals surface area contributed by atoms with E-state index in [1.54, 1.807) is 35.3 Å². The predicted molar refractivity (Wildman–Crippen MR) is 119 cm³/mol. The molecule has 0 aliphatic rings. The van der Waals surface area contributed by atoms with E-state index in [1.165, 1.54) is 6.92 Å². The zero-order valence-electron chi connectivity index (χ0n) is 18.7. The van der Waals surface area contributed by atoms with Crippen molar-refractivity contribution in [1.29, 1.82) is 0 Å². The van der Waals surface area contributed by atoms with Crippen molar-refractivity contribution in [3.05, 3.63) is 68.7 Å². The summed E-state index contributed by atoms with van der Waals surface area (Å²) in [6.45, 7) is 0.324. The Morgan fingerprint density at radius 2 is 1.80 bits per heavy atom. The maximum atomic E-state index is 13.7. The van der Waals surface area contributed by atoms with Crippen LogP contribution in [0.25, 0.3) is 0 Å². The van der Waals surface area contributed by atoms with Crippen molar-refractivity contribution in [3.63, 3.8) is 0 Å². The Bertz CT molecular complexity index is 1180. The number of nitrogens with one attached hydrogen (secondary N) is 4. The van der Waals surface area contributed by atoms with Crippen LogP contribution < -0.4 is 32.9 Å². The molecule has 0 saturated carbocycles. The molecule has 0 saturated heterocycles. The molecule has 0 spiro atoms. The molecule has 1 aromatic heterocycles. The average Bonchev–Trinajstić information content (AvgIpc) is 2.83. The van der Waals surface area contributed by atoms with Crippen LogP contribution >= 0.6 is 0 Å². The largest absolute Gasteiger partial charge is 0.463 e. The topological polar surface area (TPSA) is 194 Å². The molecule has 1 unspecified atom stereocenters. The molecule has 1 aromatic carbocycles. The van der Waals surface area contributed by atoms with Crippen LogP contribution in [0.5, 0.6) is 0 Å². The normalized spacial score (nSPS) is 12.2. The van der Waals surface area contributed by atoms with E-state index in [0.717, 1.165) is 5.56 Å². The molecule has 0 aliphatic heterocycles. The highest BCUT2D eigenvalue weighted by molar-refractivity contribution is 5.92. The monoisotopic (exact) mass is 492 g/mol. The molecular weight excluding hydrogens is 467 g/mol. The van der Waals surface area contributed by atoms with Gasteiger partial charge in [-0.3, -0.25) is 28.7 Å². The number of halogens is 1. The maximum Gasteiger partial charge on any atom is 0.350 e. The van der Waals surface area contributed by atoms with E-state index in [4.69, 9.17) is 10.5 Å². The van der Waals surface area contributed by atoms with Crippen LogP contribution in [-0.4, -0.2) is 59.0 Å². The van der Waals surface area contributed by atoms with E-state index >= 15 is 0 Å². The minimum absolute atomic E-state index is 0.109. The number of nitrogens with two attached hydrogens (primary N) is 1. The molecule has 14 heteroatoms. The van der Waals surface area contributed by atoms with Crippen molar-refractivity contribution in [2.24, 2.45) is 5.73 Å². The standard InChI is InChI=1S/C21H25FN6O7/c1-2-35-20(33)17(28-11-13(22)18(31)27-21(28)34)26-16(30)10-24-19(32)14(25-15(29)9-23)8-12-6-4-3-5-7-12/h3-7,11,14,17H,2,8-10,23H2,1H3,(H,24,32)(H,25,29)(H,26,30)(H,27,31,34)/t14-,17?/m0/s1. The molecule has 3 amide bonds. The minimum atomic E-state index is -1.82. The second kappa shape index (κ2) is 12.8. The number of ether oxygens (including phenoxy) is 1. The lowest BCUT2D eigenvalue weighted by Crippen LogP contribution is -2.52. The van der Waals surface area contributed by atoms with E-state index < -0.39 is 59.5 Å². The van der Waals surface area contributed by atoms with Crippen molar-refractivity contribution in [2.75, 3.05) is 19.7 Å². The maximum absolute atomic E-state index is 13.7. The highest BCUT2D eigenvalue weighted by Gasteiger charge is 2.27. The lowest BCUT2D eigenvalue weighted by Gasteiger charge is -2.21. The van der Waals surface area contributed by atoms with Crippen LogP contribution in [0.4, 0.5) is 4.39 Å². The summed E-state index contributed by atoms with van der Waals surface area (Å²) >= 11 is 0. The molecule has 6 N–H and O–H groups in total. The summed E-state index contributed by atoms with van der Waals surface area (Å²) in [5.74, 6) is -4.74. The highest BCUT2D eigenvalue weighted by Crippen LogP contribution is 2.05. The van der Waals surface area contributed by atoms with Crippen LogP contribution in [-0.2, 0) is 30.3 Å². The van der Waals surface area contributed by atoms with Crippen molar-refractivity contribution < 1.29 is 28.3 Å². The van der Waals surface area contributed by atoms with Crippen molar-refractivity contribution >= 4 is 23.7 Å². The van der Waals surface area contributed by atoms with Gasteiger partial charge in [0.15, 0.2) is 0 Å². The SMILES string of the molecule is CCOC(=O)C(NC(=O)CNC(=O)[C@H](Cc1ccccc1)NC(=O)CN)n1cc(F)c(=O)[nH]c1=O. The van der Waals surface area contributed by atoms with Gasteiger partial charge < -0.3 is 26.4 Å². The Morgan fingerprint density at radius 3 is 2.43 bits per heavy atom. The fourth-order valence-electron chi connectivity index (χ4n) is 2.92. The smallest absolute Gasteiger partial charge is 0.350 e. The second-order valence-corrected chi connectivity index (χ2v) is 7.10. The van der Waals surface area contributed by atoms with E-state index in [1.807, 2.05) is 0 Å². The molecule has 188 valence electrons. The first-order valence-corrected chi connectivity index (χ1v) is 10.4. The van der Waals surface area contributed by atoms with Gasteiger partial charge in [0.05, 0.1) is 25.9 Å². The van der Waals surface area contributed by atoms with E-state index in [0.29, 0.717) is 10.8 Å². The van der Waals surface area contributed by atoms with Gasteiger partial charge in [0, 0.05) is 6.42 Å². The number of rotatable bonds is 11. The van der Waals surface area contributed by atoms with Gasteiger partial charge in [-0.2, -0.15) is 4.39 Å². The van der Waals surface area contributed by atoms with Crippen molar-refractivity contribution in [1.82, 2.24) is 25.5 Å². The molecule has 0 fully saturated rings. The van der Waals surface area contributed by atoms with Gasteiger partial charge in [0.2, 0.25) is 29.7 Å². The Labute approximate surface area is 197 Å². The first kappa shape index (κ1) is 26.9. The second-order valence-electron chi connectivity index (χ2n) is 7.10. The molecule has 13 nitrogen and oxygen atoms in total. The van der Waals surface area contributed by atoms with Crippen molar-refractivity contribution in [2.45, 2.75) is 25.6 Å². The Morgan fingerprint density at radius 1 is 1.11 bits per heavy atom. The zero-order chi connectivity index (χ0) is 26.0. The van der Waals surface area contributed by atoms with Crippen LogP contribution in [0, 0.1) is 5.82 Å². The highest BCUT2D eigenvalue weighted by atomic mass is 19.1. The number of aromatic amines is 1. The minimum Gasteiger partial charge on any atom is -0.463 e. The fraction of sp³-hybridized carbons (Fsp3) is 0.333. The van der Waals surface area contributed by atoms with Gasteiger partial charge in [-0.05, 0) is 12.5 Å². The summed E-state index contributed by atoms with van der Waals surface area (Å²) in [5.41, 5.74) is 3.55. The first-order chi connectivity index (χ1) is 16.7. The molecule has 0 bridgehead atoms. The third-order valence-electron chi connectivity index (χ3n) is 4.55. The molecular formula is C21H25FN6O7. The number of hydrogen-bond donors (Lipinski definition) is 5. The first-order valence-electron chi connectivity index (χ1n) is 10.4. The average molecular weight is 492 g/mol. The molecule has 0 aliphatic carbocycles. The van der Waals surface area contributed by atoms with Gasteiger partial charge in [-0.25, -0.2) is 9.59 Å². The molecule has 2 atom stereocenters.